The van der Waals surface area contributed by atoms with Gasteiger partial charge in [0.05, 0.1) is 13.7 Å². The van der Waals surface area contributed by atoms with Crippen LogP contribution in [0, 0.1) is 0 Å². The molecule has 2 aliphatic rings. The lowest BCUT2D eigenvalue weighted by Crippen LogP contribution is -2.23. The maximum Gasteiger partial charge on any atom is 0.305 e. The van der Waals surface area contributed by atoms with Gasteiger partial charge in [0.15, 0.2) is 0 Å². The van der Waals surface area contributed by atoms with Gasteiger partial charge in [-0.15, -0.1) is 0 Å². The van der Waals surface area contributed by atoms with E-state index in [0.717, 1.165) is 61.7 Å². The molecule has 8 heteroatoms. The second-order valence-electron chi connectivity index (χ2n) is 9.12. The summed E-state index contributed by atoms with van der Waals surface area (Å²) in [5.74, 6) is 3.21. The highest BCUT2D eigenvalue weighted by Gasteiger charge is 2.22. The Balaban J connectivity index is 1.26. The topological polar surface area (TPSA) is 97.4 Å². The smallest absolute Gasteiger partial charge is 0.305 e. The number of ether oxygens (including phenoxy) is 2. The van der Waals surface area contributed by atoms with E-state index in [-0.39, 0.29) is 5.97 Å². The minimum Gasteiger partial charge on any atom is -0.494 e. The monoisotopic (exact) mass is 467 g/mol. The summed E-state index contributed by atoms with van der Waals surface area (Å²) in [6.07, 6.45) is 11.7. The molecule has 184 valence electrons. The lowest BCUT2D eigenvalue weighted by molar-refractivity contribution is -0.140. The lowest BCUT2D eigenvalue weighted by Gasteiger charge is -2.24. The number of carbonyl (C=O) groups excluding carboxylic acids is 1. The molecule has 1 fully saturated rings. The number of hydrogen-bond acceptors (Lipinski definition) is 8. The van der Waals surface area contributed by atoms with Crippen molar-refractivity contribution in [2.75, 3.05) is 36.2 Å². The van der Waals surface area contributed by atoms with Crippen LogP contribution in [0.15, 0.2) is 24.3 Å². The first-order valence-corrected chi connectivity index (χ1v) is 12.7. The molecule has 2 heterocycles. The zero-order valence-electron chi connectivity index (χ0n) is 20.2. The van der Waals surface area contributed by atoms with Gasteiger partial charge in [-0.1, -0.05) is 32.1 Å². The van der Waals surface area contributed by atoms with E-state index in [1.165, 1.54) is 44.8 Å². The number of aromatic nitrogens is 2. The van der Waals surface area contributed by atoms with Crippen molar-refractivity contribution in [2.24, 2.45) is 0 Å². The summed E-state index contributed by atoms with van der Waals surface area (Å²) in [4.78, 5) is 20.6. The van der Waals surface area contributed by atoms with E-state index in [2.05, 4.69) is 20.7 Å². The zero-order valence-corrected chi connectivity index (χ0v) is 20.2. The number of rotatable bonds is 12. The molecule has 0 radical (unpaired) electrons. The van der Waals surface area contributed by atoms with Crippen LogP contribution in [-0.2, 0) is 16.0 Å². The molecule has 1 aromatic carbocycles. The molecule has 0 saturated heterocycles. The number of unbranched alkanes of at least 4 members (excludes halogenated alkanes) is 3. The van der Waals surface area contributed by atoms with Crippen molar-refractivity contribution in [3.63, 3.8) is 0 Å². The summed E-state index contributed by atoms with van der Waals surface area (Å²) in [5, 5.41) is 10.4. The van der Waals surface area contributed by atoms with Gasteiger partial charge >= 0.3 is 5.97 Å². The van der Waals surface area contributed by atoms with E-state index in [4.69, 9.17) is 14.7 Å². The number of methoxy groups -OCH3 is 1. The molecular formula is C26H37N5O3. The van der Waals surface area contributed by atoms with Crippen molar-refractivity contribution in [3.05, 3.63) is 29.8 Å². The Morgan fingerprint density at radius 1 is 1.06 bits per heavy atom. The van der Waals surface area contributed by atoms with Gasteiger partial charge in [-0.05, 0) is 56.4 Å². The molecule has 8 nitrogen and oxygen atoms in total. The molecular weight excluding hydrogens is 430 g/mol. The fourth-order valence-electron chi connectivity index (χ4n) is 4.57. The first-order valence-electron chi connectivity index (χ1n) is 12.7. The van der Waals surface area contributed by atoms with Crippen LogP contribution in [0.25, 0.3) is 0 Å². The summed E-state index contributed by atoms with van der Waals surface area (Å²) >= 11 is 0. The van der Waals surface area contributed by atoms with Crippen molar-refractivity contribution in [1.82, 2.24) is 9.97 Å². The number of nitrogens with one attached hydrogen (secondary N) is 3. The number of benzene rings is 1. The zero-order chi connectivity index (χ0) is 23.6. The number of carbonyl (C=O) groups is 1. The number of esters is 1. The Morgan fingerprint density at radius 2 is 1.85 bits per heavy atom. The van der Waals surface area contributed by atoms with Gasteiger partial charge in [-0.25, -0.2) is 0 Å². The summed E-state index contributed by atoms with van der Waals surface area (Å²) in [6.45, 7) is 1.57. The van der Waals surface area contributed by atoms with Gasteiger partial charge in [-0.3, -0.25) is 4.79 Å². The second kappa shape index (κ2) is 12.4. The van der Waals surface area contributed by atoms with Crippen LogP contribution in [0.2, 0.25) is 0 Å². The predicted octanol–water partition coefficient (Wildman–Crippen LogP) is 5.44. The third kappa shape index (κ3) is 6.98. The van der Waals surface area contributed by atoms with Crippen molar-refractivity contribution < 1.29 is 14.3 Å². The minimum absolute atomic E-state index is 0.136. The van der Waals surface area contributed by atoms with E-state index in [0.29, 0.717) is 25.0 Å². The number of nitrogens with zero attached hydrogens (tertiary/aromatic N) is 2. The lowest BCUT2D eigenvalue weighted by atomic mass is 9.95. The molecule has 3 N–H and O–H groups in total. The number of anilines is 4. The van der Waals surface area contributed by atoms with Crippen molar-refractivity contribution in [1.29, 1.82) is 0 Å². The summed E-state index contributed by atoms with van der Waals surface area (Å²) in [6, 6.07) is 8.41. The van der Waals surface area contributed by atoms with Gasteiger partial charge < -0.3 is 25.4 Å². The van der Waals surface area contributed by atoms with E-state index < -0.39 is 0 Å². The molecule has 0 bridgehead atoms. The summed E-state index contributed by atoms with van der Waals surface area (Å²) in [7, 11) is 1.43. The van der Waals surface area contributed by atoms with E-state index in [1.54, 1.807) is 0 Å². The number of fused-ring (bicyclic) bond motifs is 1. The van der Waals surface area contributed by atoms with E-state index in [9.17, 15) is 4.79 Å². The van der Waals surface area contributed by atoms with Gasteiger partial charge in [-0.2, -0.15) is 9.97 Å². The van der Waals surface area contributed by atoms with Crippen molar-refractivity contribution in [3.8, 4) is 5.75 Å². The van der Waals surface area contributed by atoms with Gasteiger partial charge in [0.25, 0.3) is 0 Å². The van der Waals surface area contributed by atoms with Crippen LogP contribution in [-0.4, -0.2) is 42.2 Å². The molecule has 1 aliphatic heterocycles. The Bertz CT molecular complexity index is 929. The molecule has 0 atom stereocenters. The molecule has 1 saturated carbocycles. The third-order valence-corrected chi connectivity index (χ3v) is 6.50. The van der Waals surface area contributed by atoms with Crippen LogP contribution < -0.4 is 20.7 Å². The molecule has 1 aliphatic carbocycles. The van der Waals surface area contributed by atoms with E-state index in [1.807, 2.05) is 24.3 Å². The second-order valence-corrected chi connectivity index (χ2v) is 9.12. The molecule has 0 spiro atoms. The van der Waals surface area contributed by atoms with Crippen molar-refractivity contribution >= 4 is 29.2 Å². The van der Waals surface area contributed by atoms with Gasteiger partial charge in [0, 0.05) is 30.3 Å². The van der Waals surface area contributed by atoms with Crippen LogP contribution in [0.4, 0.5) is 23.3 Å². The third-order valence-electron chi connectivity index (χ3n) is 6.50. The van der Waals surface area contributed by atoms with Crippen LogP contribution in [0.5, 0.6) is 5.75 Å². The maximum absolute atomic E-state index is 11.1. The van der Waals surface area contributed by atoms with Crippen molar-refractivity contribution in [2.45, 2.75) is 76.7 Å². The Hall–Kier alpha value is -3.03. The highest BCUT2D eigenvalue weighted by Crippen LogP contribution is 2.31. The predicted molar refractivity (Wildman–Crippen MR) is 135 cm³/mol. The standard InChI is InChI=1S/C26H37N5O3/c1-33-23(32)11-7-2-3-8-18-34-21-14-12-20(13-15-21)29-26-30-24-22(16-17-27-24)25(31-26)28-19-9-5-4-6-10-19/h12-15,19H,2-11,16-18H2,1H3,(H3,27,28,29,30,31). The van der Waals surface area contributed by atoms with Crippen LogP contribution >= 0.6 is 0 Å². The number of hydrogen-bond donors (Lipinski definition) is 3. The summed E-state index contributed by atoms with van der Waals surface area (Å²) < 4.78 is 10.5. The molecule has 2 aromatic rings. The highest BCUT2D eigenvalue weighted by atomic mass is 16.5. The van der Waals surface area contributed by atoms with Crippen LogP contribution in [0.3, 0.4) is 0 Å². The normalized spacial score (nSPS) is 15.3. The maximum atomic E-state index is 11.1. The molecule has 0 amide bonds. The quantitative estimate of drug-likeness (QED) is 0.281. The molecule has 34 heavy (non-hydrogen) atoms. The Kier molecular flexibility index (Phi) is 8.82. The van der Waals surface area contributed by atoms with E-state index >= 15 is 0 Å². The minimum atomic E-state index is -0.136. The first-order chi connectivity index (χ1) is 16.7. The van der Waals surface area contributed by atoms with Gasteiger partial charge in [0.1, 0.15) is 17.4 Å². The average molecular weight is 468 g/mol. The Labute approximate surface area is 202 Å². The first kappa shape index (κ1) is 24.1. The van der Waals surface area contributed by atoms with Gasteiger partial charge in [0.2, 0.25) is 5.95 Å². The average Bonchev–Trinajstić information content (AvgIpc) is 3.34. The van der Waals surface area contributed by atoms with Crippen LogP contribution in [0.1, 0.15) is 69.8 Å². The SMILES string of the molecule is COC(=O)CCCCCCOc1ccc(Nc2nc3c(c(NC4CCCCC4)n2)CCN3)cc1. The largest absolute Gasteiger partial charge is 0.494 e. The molecule has 0 unspecified atom stereocenters. The molecule has 4 rings (SSSR count). The fourth-order valence-corrected chi connectivity index (χ4v) is 4.57. The summed E-state index contributed by atoms with van der Waals surface area (Å²) in [5.41, 5.74) is 2.13. The fraction of sp³-hybridized carbons (Fsp3) is 0.577. The Morgan fingerprint density at radius 3 is 2.65 bits per heavy atom. The molecule has 1 aromatic heterocycles. The highest BCUT2D eigenvalue weighted by molar-refractivity contribution is 5.69.